The van der Waals surface area contributed by atoms with Crippen molar-refractivity contribution in [1.82, 2.24) is 15.5 Å². The Morgan fingerprint density at radius 2 is 2.00 bits per heavy atom. The fraction of sp³-hybridized carbons (Fsp3) is 0.500. The van der Waals surface area contributed by atoms with Gasteiger partial charge in [-0.05, 0) is 37.7 Å². The SMILES string of the molecule is CC[C@@]1(c2ccccc2)NC(=O)N(CC(=O)N[C@H](C)C2CC2)C1=O. The summed E-state index contributed by atoms with van der Waals surface area (Å²) in [5, 5.41) is 5.67. The Labute approximate surface area is 141 Å². The van der Waals surface area contributed by atoms with Gasteiger partial charge in [-0.25, -0.2) is 4.79 Å². The van der Waals surface area contributed by atoms with E-state index >= 15 is 0 Å². The van der Waals surface area contributed by atoms with Crippen LogP contribution in [0.3, 0.4) is 0 Å². The van der Waals surface area contributed by atoms with Gasteiger partial charge in [0.1, 0.15) is 12.1 Å². The Kier molecular flexibility index (Phi) is 4.30. The first-order chi connectivity index (χ1) is 11.5. The highest BCUT2D eigenvalue weighted by atomic mass is 16.2. The molecule has 1 saturated heterocycles. The zero-order valence-electron chi connectivity index (χ0n) is 14.0. The van der Waals surface area contributed by atoms with E-state index in [9.17, 15) is 14.4 Å². The molecule has 2 atom stereocenters. The highest BCUT2D eigenvalue weighted by molar-refractivity contribution is 6.09. The van der Waals surface area contributed by atoms with Crippen LogP contribution in [0.2, 0.25) is 0 Å². The number of hydrogen-bond acceptors (Lipinski definition) is 3. The summed E-state index contributed by atoms with van der Waals surface area (Å²) in [5.74, 6) is -0.135. The predicted molar refractivity (Wildman–Crippen MR) is 89.0 cm³/mol. The zero-order valence-corrected chi connectivity index (χ0v) is 14.0. The smallest absolute Gasteiger partial charge is 0.325 e. The molecule has 0 bridgehead atoms. The quantitative estimate of drug-likeness (QED) is 0.781. The lowest BCUT2D eigenvalue weighted by Gasteiger charge is -2.25. The third kappa shape index (κ3) is 2.88. The van der Waals surface area contributed by atoms with Gasteiger partial charge in [0.25, 0.3) is 5.91 Å². The second-order valence-corrected chi connectivity index (χ2v) is 6.64. The van der Waals surface area contributed by atoms with Crippen LogP contribution in [0, 0.1) is 5.92 Å². The van der Waals surface area contributed by atoms with Gasteiger partial charge in [0.2, 0.25) is 5.91 Å². The summed E-state index contributed by atoms with van der Waals surface area (Å²) >= 11 is 0. The van der Waals surface area contributed by atoms with Crippen LogP contribution in [0.5, 0.6) is 0 Å². The lowest BCUT2D eigenvalue weighted by molar-refractivity contribution is -0.135. The largest absolute Gasteiger partial charge is 0.352 e. The molecular weight excluding hydrogens is 306 g/mol. The molecule has 128 valence electrons. The van der Waals surface area contributed by atoms with Gasteiger partial charge < -0.3 is 10.6 Å². The molecule has 0 aromatic heterocycles. The molecule has 4 amide bonds. The van der Waals surface area contributed by atoms with Gasteiger partial charge in [0.15, 0.2) is 0 Å². The third-order valence-corrected chi connectivity index (χ3v) is 4.99. The van der Waals surface area contributed by atoms with E-state index in [0.717, 1.165) is 23.3 Å². The van der Waals surface area contributed by atoms with Crippen LogP contribution in [0.1, 0.15) is 38.7 Å². The average Bonchev–Trinajstić information content (AvgIpc) is 3.39. The number of hydrogen-bond donors (Lipinski definition) is 2. The lowest BCUT2D eigenvalue weighted by atomic mass is 9.87. The van der Waals surface area contributed by atoms with Crippen LogP contribution in [-0.2, 0) is 15.1 Å². The van der Waals surface area contributed by atoms with E-state index < -0.39 is 11.6 Å². The van der Waals surface area contributed by atoms with Crippen LogP contribution in [0.15, 0.2) is 30.3 Å². The number of nitrogens with one attached hydrogen (secondary N) is 2. The molecule has 1 aliphatic heterocycles. The fourth-order valence-corrected chi connectivity index (χ4v) is 3.29. The van der Waals surface area contributed by atoms with Crippen LogP contribution in [-0.4, -0.2) is 35.3 Å². The van der Waals surface area contributed by atoms with Gasteiger partial charge in [-0.2, -0.15) is 0 Å². The van der Waals surface area contributed by atoms with Gasteiger partial charge in [-0.3, -0.25) is 14.5 Å². The molecular formula is C18H23N3O3. The first-order valence-electron chi connectivity index (χ1n) is 8.47. The summed E-state index contributed by atoms with van der Waals surface area (Å²) in [7, 11) is 0. The Bertz CT molecular complexity index is 657. The number of carbonyl (C=O) groups excluding carboxylic acids is 3. The number of carbonyl (C=O) groups is 3. The minimum absolute atomic E-state index is 0.0864. The van der Waals surface area contributed by atoms with Crippen molar-refractivity contribution in [2.24, 2.45) is 5.92 Å². The fourth-order valence-electron chi connectivity index (χ4n) is 3.29. The molecule has 3 rings (SSSR count). The molecule has 6 heteroatoms. The molecule has 1 aliphatic carbocycles. The van der Waals surface area contributed by atoms with Crippen molar-refractivity contribution in [3.05, 3.63) is 35.9 Å². The molecule has 2 aliphatic rings. The van der Waals surface area contributed by atoms with Crippen LogP contribution in [0.4, 0.5) is 4.79 Å². The molecule has 0 unspecified atom stereocenters. The summed E-state index contributed by atoms with van der Waals surface area (Å²) in [4.78, 5) is 38.4. The molecule has 1 aromatic carbocycles. The first-order valence-corrected chi connectivity index (χ1v) is 8.47. The average molecular weight is 329 g/mol. The van der Waals surface area contributed by atoms with Crippen molar-refractivity contribution >= 4 is 17.8 Å². The minimum atomic E-state index is -1.08. The van der Waals surface area contributed by atoms with Crippen LogP contribution >= 0.6 is 0 Å². The minimum Gasteiger partial charge on any atom is -0.352 e. The van der Waals surface area contributed by atoms with E-state index in [1.807, 2.05) is 44.2 Å². The second kappa shape index (κ2) is 6.26. The molecule has 1 heterocycles. The topological polar surface area (TPSA) is 78.5 Å². The molecule has 6 nitrogen and oxygen atoms in total. The second-order valence-electron chi connectivity index (χ2n) is 6.64. The van der Waals surface area contributed by atoms with E-state index in [-0.39, 0.29) is 24.4 Å². The van der Waals surface area contributed by atoms with E-state index in [1.165, 1.54) is 0 Å². The lowest BCUT2D eigenvalue weighted by Crippen LogP contribution is -2.46. The molecule has 2 fully saturated rings. The summed E-state index contributed by atoms with van der Waals surface area (Å²) in [6.07, 6.45) is 2.67. The number of nitrogens with zero attached hydrogens (tertiary/aromatic N) is 1. The van der Waals surface area contributed by atoms with Crippen molar-refractivity contribution in [1.29, 1.82) is 0 Å². The van der Waals surface area contributed by atoms with E-state index in [4.69, 9.17) is 0 Å². The molecule has 0 spiro atoms. The van der Waals surface area contributed by atoms with Crippen LogP contribution < -0.4 is 10.6 Å². The third-order valence-electron chi connectivity index (χ3n) is 4.99. The number of rotatable bonds is 6. The standard InChI is InChI=1S/C18H23N3O3/c1-3-18(14-7-5-4-6-8-14)16(23)21(17(24)20-18)11-15(22)19-12(2)13-9-10-13/h4-8,12-13H,3,9-11H2,1-2H3,(H,19,22)(H,20,24)/t12-,18+/m1/s1. The molecule has 24 heavy (non-hydrogen) atoms. The normalized spacial score (nSPS) is 24.7. The van der Waals surface area contributed by atoms with Crippen molar-refractivity contribution in [3.8, 4) is 0 Å². The molecule has 1 aromatic rings. The molecule has 0 radical (unpaired) electrons. The van der Waals surface area contributed by atoms with Crippen molar-refractivity contribution < 1.29 is 14.4 Å². The highest BCUT2D eigenvalue weighted by Gasteiger charge is 2.51. The molecule has 2 N–H and O–H groups in total. The van der Waals surface area contributed by atoms with Gasteiger partial charge in [0, 0.05) is 6.04 Å². The maximum atomic E-state index is 12.9. The van der Waals surface area contributed by atoms with Crippen molar-refractivity contribution in [2.75, 3.05) is 6.54 Å². The predicted octanol–water partition coefficient (Wildman–Crippen LogP) is 1.76. The van der Waals surface area contributed by atoms with Gasteiger partial charge >= 0.3 is 6.03 Å². The Balaban J connectivity index is 1.74. The van der Waals surface area contributed by atoms with Gasteiger partial charge in [-0.15, -0.1) is 0 Å². The maximum absolute atomic E-state index is 12.9. The monoisotopic (exact) mass is 329 g/mol. The van der Waals surface area contributed by atoms with Gasteiger partial charge in [0.05, 0.1) is 0 Å². The number of urea groups is 1. The molecule has 1 saturated carbocycles. The van der Waals surface area contributed by atoms with Crippen LogP contribution in [0.25, 0.3) is 0 Å². The van der Waals surface area contributed by atoms with Crippen molar-refractivity contribution in [3.63, 3.8) is 0 Å². The highest BCUT2D eigenvalue weighted by Crippen LogP contribution is 2.33. The zero-order chi connectivity index (χ0) is 17.3. The number of benzene rings is 1. The van der Waals surface area contributed by atoms with E-state index in [0.29, 0.717) is 12.3 Å². The maximum Gasteiger partial charge on any atom is 0.325 e. The summed E-state index contributed by atoms with van der Waals surface area (Å²) in [5.41, 5.74) is -0.346. The summed E-state index contributed by atoms with van der Waals surface area (Å²) in [6, 6.07) is 8.74. The summed E-state index contributed by atoms with van der Waals surface area (Å²) in [6.45, 7) is 3.57. The van der Waals surface area contributed by atoms with Gasteiger partial charge in [-0.1, -0.05) is 37.3 Å². The van der Waals surface area contributed by atoms with E-state index in [1.54, 1.807) is 0 Å². The Morgan fingerprint density at radius 1 is 1.33 bits per heavy atom. The number of amides is 4. The summed E-state index contributed by atoms with van der Waals surface area (Å²) < 4.78 is 0. The van der Waals surface area contributed by atoms with Crippen molar-refractivity contribution in [2.45, 2.75) is 44.7 Å². The first kappa shape index (κ1) is 16.5. The van der Waals surface area contributed by atoms with E-state index in [2.05, 4.69) is 10.6 Å². The Morgan fingerprint density at radius 3 is 2.58 bits per heavy atom. The Hall–Kier alpha value is -2.37. The number of imide groups is 1.